The molecule has 6 heteroatoms. The first-order chi connectivity index (χ1) is 12.9. The largest absolute Gasteiger partial charge is 0.459 e. The summed E-state index contributed by atoms with van der Waals surface area (Å²) in [6.07, 6.45) is -2.35. The Labute approximate surface area is 157 Å². The van der Waals surface area contributed by atoms with Crippen LogP contribution in [0.5, 0.6) is 0 Å². The van der Waals surface area contributed by atoms with E-state index in [4.69, 9.17) is 14.2 Å². The van der Waals surface area contributed by atoms with Crippen LogP contribution in [0.15, 0.2) is 48.5 Å². The molecule has 2 aromatic rings. The molecule has 3 rings (SSSR count). The second-order valence-corrected chi connectivity index (χ2v) is 6.64. The van der Waals surface area contributed by atoms with E-state index in [1.54, 1.807) is 24.3 Å². The Bertz CT molecular complexity index is 796. The summed E-state index contributed by atoms with van der Waals surface area (Å²) in [6.45, 7) is 3.74. The van der Waals surface area contributed by atoms with Crippen molar-refractivity contribution in [2.45, 2.75) is 38.8 Å². The molecule has 1 aliphatic rings. The van der Waals surface area contributed by atoms with Gasteiger partial charge in [-0.3, -0.25) is 0 Å². The zero-order valence-corrected chi connectivity index (χ0v) is 15.3. The molecule has 1 aliphatic heterocycles. The number of ether oxygens (including phenoxy) is 3. The molecule has 1 unspecified atom stereocenters. The third-order valence-electron chi connectivity index (χ3n) is 4.39. The average Bonchev–Trinajstić information content (AvgIpc) is 3.00. The van der Waals surface area contributed by atoms with Gasteiger partial charge in [0.05, 0.1) is 11.1 Å². The molecule has 0 spiro atoms. The lowest BCUT2D eigenvalue weighted by Gasteiger charge is -2.18. The van der Waals surface area contributed by atoms with Crippen molar-refractivity contribution in [1.82, 2.24) is 0 Å². The lowest BCUT2D eigenvalue weighted by atomic mass is 10.1. The number of aryl methyl sites for hydroxylation is 2. The summed E-state index contributed by atoms with van der Waals surface area (Å²) < 4.78 is 16.1. The van der Waals surface area contributed by atoms with E-state index in [2.05, 4.69) is 0 Å². The van der Waals surface area contributed by atoms with Crippen LogP contribution in [-0.2, 0) is 14.2 Å². The zero-order chi connectivity index (χ0) is 19.4. The normalized spacial score (nSPS) is 21.7. The van der Waals surface area contributed by atoms with Gasteiger partial charge in [0.2, 0.25) is 0 Å². The van der Waals surface area contributed by atoms with Crippen LogP contribution in [0.4, 0.5) is 0 Å². The van der Waals surface area contributed by atoms with Crippen LogP contribution in [0.3, 0.4) is 0 Å². The van der Waals surface area contributed by atoms with Gasteiger partial charge in [0.15, 0.2) is 6.29 Å². The molecule has 0 saturated carbocycles. The fourth-order valence-corrected chi connectivity index (χ4v) is 2.79. The van der Waals surface area contributed by atoms with Crippen LogP contribution in [0.1, 0.15) is 38.3 Å². The molecule has 0 radical (unpaired) electrons. The van der Waals surface area contributed by atoms with Gasteiger partial charge in [0, 0.05) is 6.42 Å². The first-order valence-electron chi connectivity index (χ1n) is 8.77. The number of esters is 2. The van der Waals surface area contributed by atoms with Gasteiger partial charge in [-0.05, 0) is 38.1 Å². The lowest BCUT2D eigenvalue weighted by Crippen LogP contribution is -2.32. The highest BCUT2D eigenvalue weighted by molar-refractivity contribution is 5.90. The lowest BCUT2D eigenvalue weighted by molar-refractivity contribution is -0.110. The second kappa shape index (κ2) is 8.33. The topological polar surface area (TPSA) is 82.1 Å². The molecule has 1 N–H and O–H groups in total. The van der Waals surface area contributed by atoms with E-state index in [9.17, 15) is 14.7 Å². The highest BCUT2D eigenvalue weighted by Crippen LogP contribution is 2.24. The van der Waals surface area contributed by atoms with Crippen molar-refractivity contribution >= 4 is 11.9 Å². The van der Waals surface area contributed by atoms with Crippen LogP contribution in [-0.4, -0.2) is 42.1 Å². The number of benzene rings is 2. The Kier molecular flexibility index (Phi) is 5.88. The molecule has 6 nitrogen and oxygen atoms in total. The van der Waals surface area contributed by atoms with Gasteiger partial charge in [0.1, 0.15) is 18.8 Å². The molecule has 0 bridgehead atoms. The Morgan fingerprint density at radius 3 is 2.04 bits per heavy atom. The third-order valence-corrected chi connectivity index (χ3v) is 4.39. The van der Waals surface area contributed by atoms with Crippen molar-refractivity contribution in [2.24, 2.45) is 0 Å². The SMILES string of the molecule is Cc1ccc(C(=O)OC[C@H]2O[C@H](O)CC2OC(=O)c2ccc(C)cc2)cc1. The molecule has 0 aliphatic carbocycles. The van der Waals surface area contributed by atoms with Crippen molar-refractivity contribution in [3.8, 4) is 0 Å². The summed E-state index contributed by atoms with van der Waals surface area (Å²) in [6, 6.07) is 14.0. The summed E-state index contributed by atoms with van der Waals surface area (Å²) >= 11 is 0. The predicted octanol–water partition coefficient (Wildman–Crippen LogP) is 2.79. The number of aliphatic hydroxyl groups excluding tert-OH is 1. The molecule has 27 heavy (non-hydrogen) atoms. The second-order valence-electron chi connectivity index (χ2n) is 6.64. The minimum absolute atomic E-state index is 0.115. The van der Waals surface area contributed by atoms with Crippen molar-refractivity contribution in [1.29, 1.82) is 0 Å². The highest BCUT2D eigenvalue weighted by Gasteiger charge is 2.38. The minimum atomic E-state index is -1.07. The summed E-state index contributed by atoms with van der Waals surface area (Å²) in [5, 5.41) is 9.75. The fraction of sp³-hybridized carbons (Fsp3) is 0.333. The van der Waals surface area contributed by atoms with E-state index < -0.39 is 30.4 Å². The number of aliphatic hydroxyl groups is 1. The summed E-state index contributed by atoms with van der Waals surface area (Å²) in [5.74, 6) is -1.00. The fourth-order valence-electron chi connectivity index (χ4n) is 2.79. The summed E-state index contributed by atoms with van der Waals surface area (Å²) in [4.78, 5) is 24.4. The predicted molar refractivity (Wildman–Crippen MR) is 97.3 cm³/mol. The Morgan fingerprint density at radius 1 is 0.963 bits per heavy atom. The van der Waals surface area contributed by atoms with E-state index in [1.807, 2.05) is 38.1 Å². The molecule has 0 amide bonds. The van der Waals surface area contributed by atoms with Gasteiger partial charge in [0.25, 0.3) is 0 Å². The summed E-state index contributed by atoms with van der Waals surface area (Å²) in [5.41, 5.74) is 2.91. The molecule has 1 saturated heterocycles. The van der Waals surface area contributed by atoms with Crippen LogP contribution < -0.4 is 0 Å². The molecule has 0 aromatic heterocycles. The van der Waals surface area contributed by atoms with E-state index in [0.29, 0.717) is 11.1 Å². The Balaban J connectivity index is 1.58. The van der Waals surface area contributed by atoms with Gasteiger partial charge in [-0.25, -0.2) is 9.59 Å². The highest BCUT2D eigenvalue weighted by atomic mass is 16.7. The van der Waals surface area contributed by atoms with Crippen LogP contribution in [0, 0.1) is 13.8 Å². The van der Waals surface area contributed by atoms with E-state index in [1.165, 1.54) is 0 Å². The van der Waals surface area contributed by atoms with Crippen molar-refractivity contribution in [2.75, 3.05) is 6.61 Å². The zero-order valence-electron chi connectivity index (χ0n) is 15.3. The number of carbonyl (C=O) groups excluding carboxylic acids is 2. The van der Waals surface area contributed by atoms with Crippen molar-refractivity contribution in [3.63, 3.8) is 0 Å². The van der Waals surface area contributed by atoms with Crippen LogP contribution >= 0.6 is 0 Å². The van der Waals surface area contributed by atoms with E-state index >= 15 is 0 Å². The van der Waals surface area contributed by atoms with Crippen molar-refractivity contribution in [3.05, 3.63) is 70.8 Å². The molecule has 3 atom stereocenters. The van der Waals surface area contributed by atoms with Gasteiger partial charge < -0.3 is 19.3 Å². The van der Waals surface area contributed by atoms with Gasteiger partial charge >= 0.3 is 11.9 Å². The quantitative estimate of drug-likeness (QED) is 0.815. The van der Waals surface area contributed by atoms with E-state index in [0.717, 1.165) is 11.1 Å². The Hall–Kier alpha value is -2.70. The van der Waals surface area contributed by atoms with Crippen molar-refractivity contribution < 1.29 is 28.9 Å². The third kappa shape index (κ3) is 4.93. The number of rotatable bonds is 5. The maximum Gasteiger partial charge on any atom is 0.338 e. The molecule has 1 fully saturated rings. The Morgan fingerprint density at radius 2 is 1.48 bits per heavy atom. The van der Waals surface area contributed by atoms with Crippen LogP contribution in [0.25, 0.3) is 0 Å². The smallest absolute Gasteiger partial charge is 0.338 e. The first kappa shape index (κ1) is 19.1. The molecule has 142 valence electrons. The number of hydrogen-bond acceptors (Lipinski definition) is 6. The molecular weight excluding hydrogens is 348 g/mol. The van der Waals surface area contributed by atoms with Crippen LogP contribution in [0.2, 0.25) is 0 Å². The standard InChI is InChI=1S/C21H22O6/c1-13-3-7-15(8-4-13)20(23)25-12-18-17(11-19(22)26-18)27-21(24)16-9-5-14(2)6-10-16/h3-10,17-19,22H,11-12H2,1-2H3/t17?,18-,19+/m1/s1. The van der Waals surface area contributed by atoms with Gasteiger partial charge in [-0.15, -0.1) is 0 Å². The van der Waals surface area contributed by atoms with Gasteiger partial charge in [-0.1, -0.05) is 35.4 Å². The molecule has 1 heterocycles. The number of carbonyl (C=O) groups is 2. The van der Waals surface area contributed by atoms with E-state index in [-0.39, 0.29) is 13.0 Å². The summed E-state index contributed by atoms with van der Waals surface area (Å²) in [7, 11) is 0. The monoisotopic (exact) mass is 370 g/mol. The maximum atomic E-state index is 12.3. The molecular formula is C21H22O6. The maximum absolute atomic E-state index is 12.3. The average molecular weight is 370 g/mol. The minimum Gasteiger partial charge on any atom is -0.459 e. The van der Waals surface area contributed by atoms with Gasteiger partial charge in [-0.2, -0.15) is 0 Å². The molecule has 2 aromatic carbocycles. The first-order valence-corrected chi connectivity index (χ1v) is 8.77. The number of hydrogen-bond donors (Lipinski definition) is 1.